The lowest BCUT2D eigenvalue weighted by Crippen LogP contribution is -2.36. The largest absolute Gasteiger partial charge is 0.480 e. The van der Waals surface area contributed by atoms with Crippen LogP contribution in [0.3, 0.4) is 0 Å². The van der Waals surface area contributed by atoms with Crippen LogP contribution in [0.25, 0.3) is 0 Å². The third-order valence-corrected chi connectivity index (χ3v) is 2.07. The van der Waals surface area contributed by atoms with Crippen molar-refractivity contribution in [2.24, 2.45) is 0 Å². The highest BCUT2D eigenvalue weighted by atomic mass is 16.5. The number of aromatic nitrogens is 1. The molecule has 1 amide bonds. The molecule has 0 atom stereocenters. The molecule has 1 aromatic rings. The fraction of sp³-hybridized carbons (Fsp3) is 0.500. The van der Waals surface area contributed by atoms with Crippen molar-refractivity contribution in [1.82, 2.24) is 10.1 Å². The van der Waals surface area contributed by atoms with Gasteiger partial charge in [0.2, 0.25) is 5.91 Å². The van der Waals surface area contributed by atoms with Crippen LogP contribution in [0.4, 0.5) is 0 Å². The molecule has 1 rings (SSSR count). The molecule has 88 valence electrons. The SMILES string of the molecule is CCN(CC(=O)O)C(=O)Cc1cc(C)on1. The molecule has 1 aromatic heterocycles. The molecule has 0 bridgehead atoms. The van der Waals surface area contributed by atoms with Crippen molar-refractivity contribution in [3.63, 3.8) is 0 Å². The van der Waals surface area contributed by atoms with Crippen molar-refractivity contribution in [2.75, 3.05) is 13.1 Å². The number of aryl methyl sites for hydroxylation is 1. The Labute approximate surface area is 92.8 Å². The van der Waals surface area contributed by atoms with Crippen LogP contribution in [0.1, 0.15) is 18.4 Å². The van der Waals surface area contributed by atoms with E-state index in [2.05, 4.69) is 5.16 Å². The first-order chi connectivity index (χ1) is 7.52. The number of hydrogen-bond donors (Lipinski definition) is 1. The summed E-state index contributed by atoms with van der Waals surface area (Å²) in [5.74, 6) is -0.659. The lowest BCUT2D eigenvalue weighted by atomic mass is 10.2. The minimum atomic E-state index is -1.02. The number of nitrogens with zero attached hydrogens (tertiary/aromatic N) is 2. The summed E-state index contributed by atoms with van der Waals surface area (Å²) < 4.78 is 4.82. The van der Waals surface area contributed by atoms with Gasteiger partial charge in [0.15, 0.2) is 0 Å². The number of rotatable bonds is 5. The lowest BCUT2D eigenvalue weighted by molar-refractivity contribution is -0.144. The van der Waals surface area contributed by atoms with Crippen molar-refractivity contribution in [3.05, 3.63) is 17.5 Å². The van der Waals surface area contributed by atoms with Gasteiger partial charge in [0, 0.05) is 12.6 Å². The van der Waals surface area contributed by atoms with E-state index >= 15 is 0 Å². The minimum absolute atomic E-state index is 0.0679. The highest BCUT2D eigenvalue weighted by Crippen LogP contribution is 2.04. The second-order valence-corrected chi connectivity index (χ2v) is 3.41. The molecule has 1 heterocycles. The second kappa shape index (κ2) is 5.29. The first-order valence-electron chi connectivity index (χ1n) is 4.94. The van der Waals surface area contributed by atoms with E-state index in [0.29, 0.717) is 18.0 Å². The first kappa shape index (κ1) is 12.2. The zero-order chi connectivity index (χ0) is 12.1. The van der Waals surface area contributed by atoms with Gasteiger partial charge in [-0.1, -0.05) is 5.16 Å². The van der Waals surface area contributed by atoms with E-state index in [1.807, 2.05) is 0 Å². The van der Waals surface area contributed by atoms with Gasteiger partial charge in [-0.2, -0.15) is 0 Å². The summed E-state index contributed by atoms with van der Waals surface area (Å²) in [5.41, 5.74) is 0.520. The summed E-state index contributed by atoms with van der Waals surface area (Å²) in [6, 6.07) is 1.66. The Morgan fingerprint density at radius 2 is 2.25 bits per heavy atom. The van der Waals surface area contributed by atoms with Gasteiger partial charge in [0.1, 0.15) is 12.3 Å². The zero-order valence-corrected chi connectivity index (χ0v) is 9.27. The van der Waals surface area contributed by atoms with Crippen molar-refractivity contribution < 1.29 is 19.2 Å². The monoisotopic (exact) mass is 226 g/mol. The predicted octanol–water partition coefficient (Wildman–Crippen LogP) is 0.459. The van der Waals surface area contributed by atoms with Gasteiger partial charge in [0.25, 0.3) is 0 Å². The Hall–Kier alpha value is -1.85. The Morgan fingerprint density at radius 1 is 1.56 bits per heavy atom. The molecule has 6 nitrogen and oxygen atoms in total. The van der Waals surface area contributed by atoms with E-state index in [4.69, 9.17) is 9.63 Å². The molecule has 16 heavy (non-hydrogen) atoms. The summed E-state index contributed by atoms with van der Waals surface area (Å²) in [4.78, 5) is 23.4. The van der Waals surface area contributed by atoms with Crippen LogP contribution in [0, 0.1) is 6.92 Å². The average Bonchev–Trinajstić information content (AvgIpc) is 2.60. The summed E-state index contributed by atoms with van der Waals surface area (Å²) in [6.07, 6.45) is 0.0679. The van der Waals surface area contributed by atoms with Crippen LogP contribution in [0.2, 0.25) is 0 Å². The molecule has 0 aliphatic heterocycles. The third-order valence-electron chi connectivity index (χ3n) is 2.07. The minimum Gasteiger partial charge on any atom is -0.480 e. The number of amides is 1. The molecular weight excluding hydrogens is 212 g/mol. The zero-order valence-electron chi connectivity index (χ0n) is 9.27. The van der Waals surface area contributed by atoms with Crippen LogP contribution in [-0.4, -0.2) is 40.1 Å². The van der Waals surface area contributed by atoms with E-state index in [0.717, 1.165) is 0 Å². The van der Waals surface area contributed by atoms with Crippen molar-refractivity contribution in [3.8, 4) is 0 Å². The number of likely N-dealkylation sites (N-methyl/N-ethyl adjacent to an activating group) is 1. The molecule has 6 heteroatoms. The highest BCUT2D eigenvalue weighted by molar-refractivity contribution is 5.82. The lowest BCUT2D eigenvalue weighted by Gasteiger charge is -2.17. The van der Waals surface area contributed by atoms with Crippen LogP contribution in [0.15, 0.2) is 10.6 Å². The smallest absolute Gasteiger partial charge is 0.323 e. The molecule has 0 fully saturated rings. The third kappa shape index (κ3) is 3.38. The molecule has 0 unspecified atom stereocenters. The summed E-state index contributed by atoms with van der Waals surface area (Å²) in [5, 5.41) is 12.3. The highest BCUT2D eigenvalue weighted by Gasteiger charge is 2.16. The van der Waals surface area contributed by atoms with Crippen molar-refractivity contribution in [2.45, 2.75) is 20.3 Å². The summed E-state index contributed by atoms with van der Waals surface area (Å²) in [6.45, 7) is 3.54. The Balaban J connectivity index is 2.59. The van der Waals surface area contributed by atoms with E-state index in [-0.39, 0.29) is 18.9 Å². The topological polar surface area (TPSA) is 83.6 Å². The molecule has 0 spiro atoms. The number of carbonyl (C=O) groups excluding carboxylic acids is 1. The van der Waals surface area contributed by atoms with Gasteiger partial charge in [-0.25, -0.2) is 0 Å². The van der Waals surface area contributed by atoms with E-state index in [1.54, 1.807) is 19.9 Å². The Morgan fingerprint density at radius 3 is 2.69 bits per heavy atom. The Bertz CT molecular complexity index is 386. The number of hydrogen-bond acceptors (Lipinski definition) is 4. The van der Waals surface area contributed by atoms with E-state index < -0.39 is 5.97 Å². The van der Waals surface area contributed by atoms with Gasteiger partial charge in [-0.3, -0.25) is 9.59 Å². The molecule has 0 saturated carbocycles. The van der Waals surface area contributed by atoms with Crippen LogP contribution in [0.5, 0.6) is 0 Å². The van der Waals surface area contributed by atoms with E-state index in [9.17, 15) is 9.59 Å². The van der Waals surface area contributed by atoms with Crippen molar-refractivity contribution >= 4 is 11.9 Å². The molecule has 0 aromatic carbocycles. The maximum absolute atomic E-state index is 11.7. The van der Waals surface area contributed by atoms with Gasteiger partial charge < -0.3 is 14.5 Å². The number of carboxylic acid groups (broad SMARTS) is 1. The maximum atomic E-state index is 11.7. The fourth-order valence-electron chi connectivity index (χ4n) is 1.31. The molecule has 0 radical (unpaired) electrons. The van der Waals surface area contributed by atoms with Gasteiger partial charge >= 0.3 is 5.97 Å². The standard InChI is InChI=1S/C10H14N2O4/c1-3-12(6-10(14)15)9(13)5-8-4-7(2)16-11-8/h4H,3,5-6H2,1-2H3,(H,14,15). The van der Waals surface area contributed by atoms with Gasteiger partial charge in [-0.05, 0) is 13.8 Å². The average molecular weight is 226 g/mol. The molecule has 0 aliphatic carbocycles. The van der Waals surface area contributed by atoms with E-state index in [1.165, 1.54) is 4.90 Å². The normalized spacial score (nSPS) is 10.1. The predicted molar refractivity (Wildman–Crippen MR) is 54.8 cm³/mol. The van der Waals surface area contributed by atoms with Crippen LogP contribution >= 0.6 is 0 Å². The maximum Gasteiger partial charge on any atom is 0.323 e. The first-order valence-corrected chi connectivity index (χ1v) is 4.94. The van der Waals surface area contributed by atoms with Crippen molar-refractivity contribution in [1.29, 1.82) is 0 Å². The summed E-state index contributed by atoms with van der Waals surface area (Å²) >= 11 is 0. The van der Waals surface area contributed by atoms with Crippen LogP contribution < -0.4 is 0 Å². The quantitative estimate of drug-likeness (QED) is 0.788. The Kier molecular flexibility index (Phi) is 4.04. The fourth-order valence-corrected chi connectivity index (χ4v) is 1.31. The molecular formula is C10H14N2O4. The number of aliphatic carboxylic acids is 1. The van der Waals surface area contributed by atoms with Crippen LogP contribution in [-0.2, 0) is 16.0 Å². The molecule has 0 saturated heterocycles. The number of carbonyl (C=O) groups is 2. The number of carboxylic acids is 1. The molecule has 1 N–H and O–H groups in total. The molecule has 0 aliphatic rings. The second-order valence-electron chi connectivity index (χ2n) is 3.41. The van der Waals surface area contributed by atoms with Gasteiger partial charge in [-0.15, -0.1) is 0 Å². The summed E-state index contributed by atoms with van der Waals surface area (Å²) in [7, 11) is 0. The van der Waals surface area contributed by atoms with Gasteiger partial charge in [0.05, 0.1) is 12.1 Å².